The summed E-state index contributed by atoms with van der Waals surface area (Å²) >= 11 is 1.27. The Morgan fingerprint density at radius 1 is 1.47 bits per heavy atom. The van der Waals surface area contributed by atoms with E-state index in [4.69, 9.17) is 5.14 Å². The van der Waals surface area contributed by atoms with Crippen LogP contribution < -0.4 is 5.14 Å². The molecule has 15 heavy (non-hydrogen) atoms. The molecule has 0 saturated heterocycles. The van der Waals surface area contributed by atoms with Gasteiger partial charge in [0.15, 0.2) is 10.8 Å². The highest BCUT2D eigenvalue weighted by Crippen LogP contribution is 2.29. The van der Waals surface area contributed by atoms with Crippen molar-refractivity contribution in [1.82, 2.24) is 4.98 Å². The van der Waals surface area contributed by atoms with Gasteiger partial charge in [-0.15, -0.1) is 0 Å². The van der Waals surface area contributed by atoms with E-state index in [-0.39, 0.29) is 0 Å². The fraction of sp³-hybridized carbons (Fsp3) is 0.167. The van der Waals surface area contributed by atoms with Crippen molar-refractivity contribution in [2.45, 2.75) is 11.5 Å². The Hall–Kier alpha value is -0.420. The number of hydrogen-bond acceptors (Lipinski definition) is 3. The van der Waals surface area contributed by atoms with Crippen molar-refractivity contribution >= 4 is 32.6 Å². The lowest BCUT2D eigenvalue weighted by Crippen LogP contribution is -2.17. The maximum Gasteiger partial charge on any atom is 0.267 e. The Bertz CT molecular complexity index is 491. The molecule has 0 amide bonds. The summed E-state index contributed by atoms with van der Waals surface area (Å²) in [4.78, 5) is 3.16. The van der Waals surface area contributed by atoms with E-state index in [0.717, 1.165) is 0 Å². The first kappa shape index (κ1) is 12.6. The van der Waals surface area contributed by atoms with Crippen LogP contribution in [0.4, 0.5) is 13.2 Å². The van der Waals surface area contributed by atoms with Crippen LogP contribution in [0.3, 0.4) is 0 Å². The maximum atomic E-state index is 12.9. The van der Waals surface area contributed by atoms with Crippen LogP contribution in [0, 0.1) is 9.39 Å². The molecule has 0 aliphatic heterocycles. The molecule has 1 aromatic rings. The summed E-state index contributed by atoms with van der Waals surface area (Å²) in [6, 6.07) is 0. The van der Waals surface area contributed by atoms with Crippen LogP contribution in [0.5, 0.6) is 0 Å². The third-order valence-electron chi connectivity index (χ3n) is 1.46. The average Bonchev–Trinajstić information content (AvgIpc) is 2.00. The van der Waals surface area contributed by atoms with Gasteiger partial charge in [-0.25, -0.2) is 31.7 Å². The zero-order valence-corrected chi connectivity index (χ0v) is 9.89. The molecule has 1 aromatic heterocycles. The van der Waals surface area contributed by atoms with Gasteiger partial charge in [-0.2, -0.15) is 0 Å². The summed E-state index contributed by atoms with van der Waals surface area (Å²) in [5.74, 6) is -1.26. The van der Waals surface area contributed by atoms with Gasteiger partial charge in [-0.3, -0.25) is 0 Å². The third kappa shape index (κ3) is 2.58. The largest absolute Gasteiger partial charge is 0.267 e. The molecular formula is C6H4F3IN2O2S. The molecule has 0 aliphatic carbocycles. The first-order valence-corrected chi connectivity index (χ1v) is 6.02. The Balaban J connectivity index is 3.56. The van der Waals surface area contributed by atoms with Crippen LogP contribution >= 0.6 is 22.6 Å². The molecule has 4 nitrogen and oxygen atoms in total. The van der Waals surface area contributed by atoms with Gasteiger partial charge in [0.25, 0.3) is 16.4 Å². The summed E-state index contributed by atoms with van der Waals surface area (Å²) in [7, 11) is -4.22. The fourth-order valence-electron chi connectivity index (χ4n) is 0.860. The highest BCUT2D eigenvalue weighted by atomic mass is 127. The molecule has 0 radical (unpaired) electrons. The molecule has 0 saturated carbocycles. The molecule has 0 unspecified atom stereocenters. The number of sulfonamides is 1. The molecule has 84 valence electrons. The normalized spacial score (nSPS) is 12.1. The van der Waals surface area contributed by atoms with Gasteiger partial charge in [0, 0.05) is 0 Å². The first-order valence-electron chi connectivity index (χ1n) is 3.40. The Kier molecular flexibility index (Phi) is 3.55. The third-order valence-corrected chi connectivity index (χ3v) is 3.77. The molecule has 1 heterocycles. The highest BCUT2D eigenvalue weighted by Gasteiger charge is 2.25. The second-order valence-corrected chi connectivity index (χ2v) is 5.04. The summed E-state index contributed by atoms with van der Waals surface area (Å²) in [5.41, 5.74) is -1.00. The number of aromatic nitrogens is 1. The van der Waals surface area contributed by atoms with Crippen molar-refractivity contribution in [2.24, 2.45) is 5.14 Å². The predicted molar refractivity (Wildman–Crippen MR) is 53.2 cm³/mol. The summed E-state index contributed by atoms with van der Waals surface area (Å²) in [6.07, 6.45) is -2.72. The molecule has 0 atom stereocenters. The zero-order valence-electron chi connectivity index (χ0n) is 6.92. The SMILES string of the molecule is NS(=O)(=O)c1ncc(F)c(C(F)F)c1I. The first-order chi connectivity index (χ1) is 6.75. The topological polar surface area (TPSA) is 73.1 Å². The number of primary sulfonamides is 1. The van der Waals surface area contributed by atoms with Gasteiger partial charge in [0.1, 0.15) is 0 Å². The molecule has 0 aromatic carbocycles. The minimum absolute atomic E-state index is 0.406. The number of nitrogens with two attached hydrogens (primary N) is 1. The molecule has 0 aliphatic rings. The number of hydrogen-bond donors (Lipinski definition) is 1. The van der Waals surface area contributed by atoms with Gasteiger partial charge in [0.2, 0.25) is 0 Å². The van der Waals surface area contributed by atoms with Gasteiger partial charge in [-0.1, -0.05) is 0 Å². The molecule has 0 fully saturated rings. The zero-order chi connectivity index (χ0) is 11.8. The highest BCUT2D eigenvalue weighted by molar-refractivity contribution is 14.1. The average molecular weight is 352 g/mol. The Morgan fingerprint density at radius 2 is 2.00 bits per heavy atom. The van der Waals surface area contributed by atoms with E-state index in [1.807, 2.05) is 0 Å². The summed E-state index contributed by atoms with van der Waals surface area (Å²) in [6.45, 7) is 0. The van der Waals surface area contributed by atoms with Crippen molar-refractivity contribution < 1.29 is 21.6 Å². The molecule has 0 bridgehead atoms. The second kappa shape index (κ2) is 4.22. The van der Waals surface area contributed by atoms with Crippen molar-refractivity contribution in [3.05, 3.63) is 21.1 Å². The van der Waals surface area contributed by atoms with Crippen molar-refractivity contribution in [3.8, 4) is 0 Å². The van der Waals surface area contributed by atoms with Crippen LogP contribution in [0.1, 0.15) is 12.0 Å². The lowest BCUT2D eigenvalue weighted by Gasteiger charge is -2.07. The minimum Gasteiger partial charge on any atom is -0.239 e. The van der Waals surface area contributed by atoms with Crippen LogP contribution in [-0.4, -0.2) is 13.4 Å². The van der Waals surface area contributed by atoms with Gasteiger partial charge in [-0.05, 0) is 22.6 Å². The van der Waals surface area contributed by atoms with Crippen LogP contribution in [0.25, 0.3) is 0 Å². The summed E-state index contributed by atoms with van der Waals surface area (Å²) in [5, 5.41) is 3.96. The van der Waals surface area contributed by atoms with E-state index in [1.54, 1.807) is 0 Å². The number of alkyl halides is 2. The molecule has 0 spiro atoms. The Labute approximate surface area is 96.9 Å². The predicted octanol–water partition coefficient (Wildman–Crippen LogP) is 1.41. The molecule has 1 rings (SSSR count). The van der Waals surface area contributed by atoms with Crippen LogP contribution in [0.2, 0.25) is 0 Å². The number of rotatable bonds is 2. The van der Waals surface area contributed by atoms with E-state index in [1.165, 1.54) is 22.6 Å². The van der Waals surface area contributed by atoms with Crippen LogP contribution in [-0.2, 0) is 10.0 Å². The standard InChI is InChI=1S/C6H4F3IN2O2S/c7-2-1-12-6(15(11,13)14)4(10)3(2)5(8)9/h1,5H,(H2,11,13,14). The van der Waals surface area contributed by atoms with Gasteiger partial charge in [0.05, 0.1) is 15.3 Å². The minimum atomic E-state index is -4.22. The quantitative estimate of drug-likeness (QED) is 0.818. The lowest BCUT2D eigenvalue weighted by atomic mass is 10.3. The van der Waals surface area contributed by atoms with E-state index in [9.17, 15) is 21.6 Å². The van der Waals surface area contributed by atoms with E-state index >= 15 is 0 Å². The number of nitrogens with zero attached hydrogens (tertiary/aromatic N) is 1. The molecule has 9 heteroatoms. The van der Waals surface area contributed by atoms with E-state index < -0.39 is 36.4 Å². The number of halogens is 4. The van der Waals surface area contributed by atoms with Gasteiger partial charge >= 0.3 is 0 Å². The molecular weight excluding hydrogens is 348 g/mol. The van der Waals surface area contributed by atoms with Crippen LogP contribution in [0.15, 0.2) is 11.2 Å². The smallest absolute Gasteiger partial charge is 0.239 e. The van der Waals surface area contributed by atoms with Crippen molar-refractivity contribution in [2.75, 3.05) is 0 Å². The fourth-order valence-corrected chi connectivity index (χ4v) is 2.97. The van der Waals surface area contributed by atoms with E-state index in [2.05, 4.69) is 4.98 Å². The lowest BCUT2D eigenvalue weighted by molar-refractivity contribution is 0.144. The summed E-state index contributed by atoms with van der Waals surface area (Å²) < 4.78 is 58.9. The Morgan fingerprint density at radius 3 is 2.40 bits per heavy atom. The van der Waals surface area contributed by atoms with Gasteiger partial charge < -0.3 is 0 Å². The van der Waals surface area contributed by atoms with Crippen molar-refractivity contribution in [1.29, 1.82) is 0 Å². The van der Waals surface area contributed by atoms with Crippen molar-refractivity contribution in [3.63, 3.8) is 0 Å². The maximum absolute atomic E-state index is 12.9. The monoisotopic (exact) mass is 352 g/mol. The van der Waals surface area contributed by atoms with E-state index in [0.29, 0.717) is 6.20 Å². The number of pyridine rings is 1. The molecule has 2 N–H and O–H groups in total. The second-order valence-electron chi connectivity index (χ2n) is 2.48.